The molecule has 0 saturated carbocycles. The molecule has 13 nitrogen and oxygen atoms in total. The number of amides is 1. The van der Waals surface area contributed by atoms with Crippen LogP contribution in [0.15, 0.2) is 96.1 Å². The number of aromatic nitrogens is 2. The van der Waals surface area contributed by atoms with Crippen LogP contribution in [0.1, 0.15) is 28.9 Å². The van der Waals surface area contributed by atoms with Gasteiger partial charge in [0.05, 0.1) is 35.6 Å². The van der Waals surface area contributed by atoms with Crippen LogP contribution in [0.4, 0.5) is 25.8 Å². The predicted octanol–water partition coefficient (Wildman–Crippen LogP) is 5.58. The Morgan fingerprint density at radius 3 is 2.44 bits per heavy atom. The third kappa shape index (κ3) is 9.09. The smallest absolute Gasteiger partial charge is 0.255 e. The zero-order valence-corrected chi connectivity index (χ0v) is 33.8. The number of nitrogens with zero attached hydrogens (tertiary/aromatic N) is 6. The molecule has 1 atom stereocenters. The number of pyridine rings is 1. The number of piperidine rings is 1. The Morgan fingerprint density at radius 2 is 1.69 bits per heavy atom. The Morgan fingerprint density at radius 1 is 0.932 bits per heavy atom. The number of para-hydroxylation sites is 1. The van der Waals surface area contributed by atoms with Crippen LogP contribution >= 0.6 is 0 Å². The van der Waals surface area contributed by atoms with Crippen molar-refractivity contribution in [1.29, 1.82) is 0 Å². The van der Waals surface area contributed by atoms with Gasteiger partial charge in [-0.25, -0.2) is 27.2 Å². The van der Waals surface area contributed by atoms with E-state index in [-0.39, 0.29) is 11.3 Å². The maximum absolute atomic E-state index is 14.3. The third-order valence-electron chi connectivity index (χ3n) is 11.2. The van der Waals surface area contributed by atoms with E-state index in [4.69, 9.17) is 9.72 Å². The molecule has 1 unspecified atom stereocenters. The highest BCUT2D eigenvalue weighted by atomic mass is 32.2. The molecule has 0 radical (unpaired) electrons. The summed E-state index contributed by atoms with van der Waals surface area (Å²) < 4.78 is 59.7. The molecule has 5 heterocycles. The van der Waals surface area contributed by atoms with Gasteiger partial charge >= 0.3 is 0 Å². The Hall–Kier alpha value is -5.84. The average molecular weight is 824 g/mol. The number of hydrogen-bond acceptors (Lipinski definition) is 11. The van der Waals surface area contributed by atoms with Crippen molar-refractivity contribution in [2.24, 2.45) is 4.99 Å². The largest absolute Gasteiger partial charge is 0.495 e. The maximum atomic E-state index is 14.3. The standard InChI is InChI=1S/C43H47F2N9O4S/c1-58-37-28-32(52-19-15-31(16-20-52)53-23-21-51(22-24-53)25-26-59(2,56)57)12-13-35(37)47-43-46-17-14-36(48-43)41-39(49-38-11-3-4-18-54(38)41)29-7-5-8-30(27-29)42(55)50-40-33(44)9-6-10-34(40)45/h3-14,17-18,27-28,31,43,47-48H,15-16,19-26H2,1-2H3,(H,50,55). The second kappa shape index (κ2) is 17.2. The summed E-state index contributed by atoms with van der Waals surface area (Å²) in [5.74, 6) is -1.49. The topological polar surface area (TPSA) is 136 Å². The molecule has 0 aliphatic carbocycles. The lowest BCUT2D eigenvalue weighted by atomic mass is 10.0. The second-order valence-corrected chi connectivity index (χ2v) is 17.3. The molecular weight excluding hydrogens is 777 g/mol. The highest BCUT2D eigenvalue weighted by molar-refractivity contribution is 7.90. The van der Waals surface area contributed by atoms with E-state index in [1.807, 2.05) is 47.0 Å². The quantitative estimate of drug-likeness (QED) is 0.146. The van der Waals surface area contributed by atoms with Crippen LogP contribution in [0.2, 0.25) is 0 Å². The van der Waals surface area contributed by atoms with Crippen LogP contribution < -0.4 is 25.6 Å². The minimum atomic E-state index is -2.96. The van der Waals surface area contributed by atoms with Gasteiger partial charge in [0.1, 0.15) is 38.6 Å². The van der Waals surface area contributed by atoms with Gasteiger partial charge in [0, 0.05) is 93.4 Å². The van der Waals surface area contributed by atoms with E-state index in [0.717, 1.165) is 87.0 Å². The lowest BCUT2D eigenvalue weighted by Crippen LogP contribution is -2.53. The first kappa shape index (κ1) is 40.0. The summed E-state index contributed by atoms with van der Waals surface area (Å²) in [6, 6.07) is 22.5. The van der Waals surface area contributed by atoms with Crippen molar-refractivity contribution in [3.8, 4) is 17.0 Å². The number of piperazine rings is 1. The molecule has 0 bridgehead atoms. The molecular formula is C43H47F2N9O4S. The summed E-state index contributed by atoms with van der Waals surface area (Å²) in [5.41, 5.74) is 4.91. The molecule has 308 valence electrons. The molecule has 0 spiro atoms. The Labute approximate surface area is 342 Å². The van der Waals surface area contributed by atoms with Crippen molar-refractivity contribution in [3.63, 3.8) is 0 Å². The van der Waals surface area contributed by atoms with Crippen LogP contribution in [0, 0.1) is 11.6 Å². The number of anilines is 3. The summed E-state index contributed by atoms with van der Waals surface area (Å²) in [4.78, 5) is 30.0. The van der Waals surface area contributed by atoms with E-state index in [1.54, 1.807) is 31.5 Å². The van der Waals surface area contributed by atoms with Crippen LogP contribution in [0.25, 0.3) is 22.6 Å². The molecule has 16 heteroatoms. The van der Waals surface area contributed by atoms with Gasteiger partial charge in [-0.3, -0.25) is 19.0 Å². The van der Waals surface area contributed by atoms with E-state index in [1.165, 1.54) is 12.3 Å². The third-order valence-corrected chi connectivity index (χ3v) is 12.1. The van der Waals surface area contributed by atoms with E-state index in [9.17, 15) is 22.0 Å². The predicted molar refractivity (Wildman–Crippen MR) is 228 cm³/mol. The number of carbonyl (C=O) groups excluding carboxylic acids is 1. The number of aliphatic imine (C=N–C) groups is 1. The van der Waals surface area contributed by atoms with Crippen molar-refractivity contribution in [2.45, 2.75) is 25.2 Å². The summed E-state index contributed by atoms with van der Waals surface area (Å²) in [5, 5.41) is 9.34. The number of fused-ring (bicyclic) bond motifs is 1. The molecule has 3 N–H and O–H groups in total. The minimum Gasteiger partial charge on any atom is -0.495 e. The molecule has 59 heavy (non-hydrogen) atoms. The van der Waals surface area contributed by atoms with Gasteiger partial charge in [-0.05, 0) is 67.4 Å². The average Bonchev–Trinajstić information content (AvgIpc) is 3.64. The van der Waals surface area contributed by atoms with Crippen molar-refractivity contribution < 1.29 is 26.7 Å². The summed E-state index contributed by atoms with van der Waals surface area (Å²) in [7, 11) is -1.30. The number of methoxy groups -OCH3 is 1. The Balaban J connectivity index is 0.936. The van der Waals surface area contributed by atoms with Gasteiger partial charge < -0.3 is 25.6 Å². The van der Waals surface area contributed by atoms with Crippen LogP contribution in [-0.4, -0.2) is 117 Å². The number of carbonyl (C=O) groups is 1. The number of imidazole rings is 1. The molecule has 8 rings (SSSR count). The molecule has 3 aliphatic rings. The first-order chi connectivity index (χ1) is 28.5. The monoisotopic (exact) mass is 823 g/mol. The van der Waals surface area contributed by atoms with Crippen LogP contribution in [-0.2, 0) is 9.84 Å². The lowest BCUT2D eigenvalue weighted by molar-refractivity contribution is 0.0882. The first-order valence-electron chi connectivity index (χ1n) is 19.7. The number of sulfone groups is 1. The zero-order valence-electron chi connectivity index (χ0n) is 32.9. The number of ether oxygens (including phenoxy) is 1. The second-order valence-electron chi connectivity index (χ2n) is 15.0. The van der Waals surface area contributed by atoms with Crippen LogP contribution in [0.5, 0.6) is 5.75 Å². The molecule has 2 fully saturated rings. The van der Waals surface area contributed by atoms with E-state index in [0.29, 0.717) is 35.2 Å². The normalized spacial score (nSPS) is 18.1. The fraction of sp³-hybridized carbons (Fsp3) is 0.326. The SMILES string of the molecule is COc1cc(N2CCC(N3CCN(CCS(C)(=O)=O)CC3)CC2)ccc1NC1N=CC=C(c2c(-c3cccc(C(=O)Nc4c(F)cccc4F)c3)nc3ccccn23)N1. The van der Waals surface area contributed by atoms with Crippen molar-refractivity contribution >= 4 is 50.4 Å². The van der Waals surface area contributed by atoms with Gasteiger partial charge in [0.2, 0.25) is 0 Å². The molecule has 3 aliphatic heterocycles. The molecule has 2 saturated heterocycles. The summed E-state index contributed by atoms with van der Waals surface area (Å²) >= 11 is 0. The molecule has 2 aromatic heterocycles. The lowest BCUT2D eigenvalue weighted by Gasteiger charge is -2.43. The number of allylic oxidation sites excluding steroid dienone is 1. The van der Waals surface area contributed by atoms with Gasteiger partial charge in [-0.1, -0.05) is 24.3 Å². The van der Waals surface area contributed by atoms with E-state index < -0.39 is 39.4 Å². The highest BCUT2D eigenvalue weighted by Gasteiger charge is 2.29. The number of hydrogen-bond donors (Lipinski definition) is 3. The molecule has 1 amide bonds. The van der Waals surface area contributed by atoms with Gasteiger partial charge in [-0.15, -0.1) is 0 Å². The maximum Gasteiger partial charge on any atom is 0.255 e. The highest BCUT2D eigenvalue weighted by Crippen LogP contribution is 2.34. The number of halogens is 2. The fourth-order valence-corrected chi connectivity index (χ4v) is 8.59. The van der Waals surface area contributed by atoms with Gasteiger partial charge in [-0.2, -0.15) is 0 Å². The molecule has 5 aromatic rings. The first-order valence-corrected chi connectivity index (χ1v) is 21.8. The van der Waals surface area contributed by atoms with Gasteiger partial charge in [0.15, 0.2) is 6.29 Å². The summed E-state index contributed by atoms with van der Waals surface area (Å²) in [6.45, 7) is 6.18. The van der Waals surface area contributed by atoms with Crippen molar-refractivity contribution in [2.75, 3.05) is 80.5 Å². The van der Waals surface area contributed by atoms with Crippen molar-refractivity contribution in [1.82, 2.24) is 24.5 Å². The number of benzene rings is 3. The Bertz CT molecular complexity index is 2490. The Kier molecular flexibility index (Phi) is 11.6. The zero-order chi connectivity index (χ0) is 41.1. The summed E-state index contributed by atoms with van der Waals surface area (Å²) in [6.07, 6.45) is 8.34. The van der Waals surface area contributed by atoms with Gasteiger partial charge in [0.25, 0.3) is 5.91 Å². The van der Waals surface area contributed by atoms with Crippen molar-refractivity contribution in [3.05, 3.63) is 114 Å². The van der Waals surface area contributed by atoms with E-state index in [2.05, 4.69) is 47.8 Å². The number of nitrogens with one attached hydrogen (secondary N) is 3. The number of rotatable bonds is 12. The fourth-order valence-electron chi connectivity index (χ4n) is 8.00. The van der Waals surface area contributed by atoms with E-state index >= 15 is 0 Å². The van der Waals surface area contributed by atoms with Crippen LogP contribution in [0.3, 0.4) is 0 Å². The minimum absolute atomic E-state index is 0.207. The molecule has 3 aromatic carbocycles.